The summed E-state index contributed by atoms with van der Waals surface area (Å²) in [6.07, 6.45) is 3.50. The molecule has 0 bridgehead atoms. The topological polar surface area (TPSA) is 58.1 Å². The van der Waals surface area contributed by atoms with E-state index in [4.69, 9.17) is 0 Å². The van der Waals surface area contributed by atoms with Crippen LogP contribution in [-0.2, 0) is 6.54 Å². The third kappa shape index (κ3) is 2.10. The van der Waals surface area contributed by atoms with Crippen molar-refractivity contribution in [3.63, 3.8) is 0 Å². The summed E-state index contributed by atoms with van der Waals surface area (Å²) in [5.74, 6) is -0.0677. The fourth-order valence-corrected chi connectivity index (χ4v) is 2.96. The van der Waals surface area contributed by atoms with Crippen LogP contribution < -0.4 is 5.56 Å². The van der Waals surface area contributed by atoms with Crippen LogP contribution in [0, 0.1) is 0 Å². The van der Waals surface area contributed by atoms with Crippen molar-refractivity contribution in [2.45, 2.75) is 19.5 Å². The van der Waals surface area contributed by atoms with Crippen molar-refractivity contribution in [1.82, 2.24) is 14.5 Å². The number of halogens is 1. The SMILES string of the molecule is C[C@H]1c2cccn2CCN1C(=O)c1c[nH]c(=O)c(Br)c1. The van der Waals surface area contributed by atoms with Gasteiger partial charge in [-0.05, 0) is 41.1 Å². The molecule has 5 nitrogen and oxygen atoms in total. The smallest absolute Gasteiger partial charge is 0.262 e. The van der Waals surface area contributed by atoms with E-state index in [1.807, 2.05) is 30.2 Å². The molecular weight excluding hydrogens is 322 g/mol. The van der Waals surface area contributed by atoms with E-state index in [9.17, 15) is 9.59 Å². The van der Waals surface area contributed by atoms with E-state index in [1.165, 1.54) is 6.20 Å². The predicted molar refractivity (Wildman–Crippen MR) is 78.6 cm³/mol. The van der Waals surface area contributed by atoms with Crippen molar-refractivity contribution in [2.24, 2.45) is 0 Å². The van der Waals surface area contributed by atoms with Gasteiger partial charge < -0.3 is 14.5 Å². The van der Waals surface area contributed by atoms with Gasteiger partial charge in [-0.15, -0.1) is 0 Å². The van der Waals surface area contributed by atoms with Crippen LogP contribution >= 0.6 is 15.9 Å². The monoisotopic (exact) mass is 335 g/mol. The Balaban J connectivity index is 1.92. The first-order chi connectivity index (χ1) is 9.58. The van der Waals surface area contributed by atoms with E-state index in [0.717, 1.165) is 12.2 Å². The molecule has 3 rings (SSSR count). The molecule has 0 aliphatic carbocycles. The number of H-pyrrole nitrogens is 1. The second-order valence-electron chi connectivity index (χ2n) is 4.87. The third-order valence-corrected chi connectivity index (χ3v) is 4.30. The Morgan fingerprint density at radius 2 is 2.25 bits per heavy atom. The Bertz CT molecular complexity index is 719. The Morgan fingerprint density at radius 3 is 3.00 bits per heavy atom. The highest BCUT2D eigenvalue weighted by Gasteiger charge is 2.28. The number of aromatic amines is 1. The molecule has 0 fully saturated rings. The number of fused-ring (bicyclic) bond motifs is 1. The maximum absolute atomic E-state index is 12.6. The van der Waals surface area contributed by atoms with Crippen LogP contribution in [0.25, 0.3) is 0 Å². The van der Waals surface area contributed by atoms with Crippen molar-refractivity contribution in [2.75, 3.05) is 6.54 Å². The number of amides is 1. The van der Waals surface area contributed by atoms with Crippen LogP contribution in [0.5, 0.6) is 0 Å². The summed E-state index contributed by atoms with van der Waals surface area (Å²) in [5, 5.41) is 0. The molecule has 2 aromatic rings. The van der Waals surface area contributed by atoms with E-state index in [0.29, 0.717) is 16.6 Å². The van der Waals surface area contributed by atoms with Crippen molar-refractivity contribution in [3.05, 3.63) is 56.7 Å². The number of rotatable bonds is 1. The molecule has 3 heterocycles. The molecule has 1 atom stereocenters. The van der Waals surface area contributed by atoms with Crippen LogP contribution in [-0.4, -0.2) is 26.9 Å². The molecule has 2 aromatic heterocycles. The number of carbonyl (C=O) groups excluding carboxylic acids is 1. The first-order valence-corrected chi connectivity index (χ1v) is 7.21. The second kappa shape index (κ2) is 4.94. The minimum atomic E-state index is -0.234. The molecule has 104 valence electrons. The van der Waals surface area contributed by atoms with Gasteiger partial charge in [0.05, 0.1) is 16.1 Å². The second-order valence-corrected chi connectivity index (χ2v) is 5.72. The normalized spacial score (nSPS) is 17.9. The van der Waals surface area contributed by atoms with E-state index in [-0.39, 0.29) is 17.5 Å². The Kier molecular flexibility index (Phi) is 3.25. The number of nitrogens with zero attached hydrogens (tertiary/aromatic N) is 2. The van der Waals surface area contributed by atoms with Gasteiger partial charge in [-0.25, -0.2) is 0 Å². The molecule has 1 aliphatic heterocycles. The number of nitrogens with one attached hydrogen (secondary N) is 1. The van der Waals surface area contributed by atoms with Crippen molar-refractivity contribution < 1.29 is 4.79 Å². The average Bonchev–Trinajstić information content (AvgIpc) is 2.91. The quantitative estimate of drug-likeness (QED) is 0.868. The minimum Gasteiger partial charge on any atom is -0.348 e. The molecule has 0 radical (unpaired) electrons. The molecule has 20 heavy (non-hydrogen) atoms. The highest BCUT2D eigenvalue weighted by atomic mass is 79.9. The van der Waals surface area contributed by atoms with Crippen LogP contribution in [0.1, 0.15) is 29.0 Å². The zero-order valence-corrected chi connectivity index (χ0v) is 12.6. The highest BCUT2D eigenvalue weighted by molar-refractivity contribution is 9.10. The maximum Gasteiger partial charge on any atom is 0.262 e. The maximum atomic E-state index is 12.6. The molecule has 1 amide bonds. The number of hydrogen-bond acceptors (Lipinski definition) is 2. The van der Waals surface area contributed by atoms with Gasteiger partial charge in [0, 0.05) is 31.2 Å². The number of pyridine rings is 1. The Labute approximate surface area is 124 Å². The lowest BCUT2D eigenvalue weighted by atomic mass is 10.1. The average molecular weight is 336 g/mol. The lowest BCUT2D eigenvalue weighted by molar-refractivity contribution is 0.0643. The van der Waals surface area contributed by atoms with E-state index >= 15 is 0 Å². The molecule has 0 spiro atoms. The summed E-state index contributed by atoms with van der Waals surface area (Å²) >= 11 is 3.15. The molecule has 1 aliphatic rings. The number of hydrogen-bond donors (Lipinski definition) is 1. The van der Waals surface area contributed by atoms with Gasteiger partial charge in [0.15, 0.2) is 0 Å². The first kappa shape index (κ1) is 13.2. The van der Waals surface area contributed by atoms with E-state index in [1.54, 1.807) is 6.07 Å². The molecule has 0 aromatic carbocycles. The zero-order valence-electron chi connectivity index (χ0n) is 11.0. The van der Waals surface area contributed by atoms with Gasteiger partial charge in [-0.1, -0.05) is 0 Å². The van der Waals surface area contributed by atoms with E-state index in [2.05, 4.69) is 25.5 Å². The highest BCUT2D eigenvalue weighted by Crippen LogP contribution is 2.26. The van der Waals surface area contributed by atoms with Crippen LogP contribution in [0.15, 0.2) is 39.9 Å². The Morgan fingerprint density at radius 1 is 1.45 bits per heavy atom. The van der Waals surface area contributed by atoms with Gasteiger partial charge in [0.25, 0.3) is 11.5 Å². The fraction of sp³-hybridized carbons (Fsp3) is 0.286. The van der Waals surface area contributed by atoms with Crippen LogP contribution in [0.4, 0.5) is 0 Å². The standard InChI is InChI=1S/C14H14BrN3O2/c1-9-12-3-2-4-17(12)5-6-18(9)14(20)10-7-11(15)13(19)16-8-10/h2-4,7-9H,5-6H2,1H3,(H,16,19)/t9-/m0/s1. The van der Waals surface area contributed by atoms with Crippen LogP contribution in [0.2, 0.25) is 0 Å². The van der Waals surface area contributed by atoms with E-state index < -0.39 is 0 Å². The van der Waals surface area contributed by atoms with Gasteiger partial charge >= 0.3 is 0 Å². The summed E-state index contributed by atoms with van der Waals surface area (Å²) < 4.78 is 2.54. The molecule has 0 saturated carbocycles. The first-order valence-electron chi connectivity index (χ1n) is 6.42. The zero-order chi connectivity index (χ0) is 14.3. The summed E-state index contributed by atoms with van der Waals surface area (Å²) in [4.78, 5) is 28.3. The molecule has 0 unspecified atom stereocenters. The molecule has 6 heteroatoms. The largest absolute Gasteiger partial charge is 0.348 e. The summed E-state index contributed by atoms with van der Waals surface area (Å²) in [5.41, 5.74) is 1.39. The lowest BCUT2D eigenvalue weighted by Crippen LogP contribution is -2.40. The summed E-state index contributed by atoms with van der Waals surface area (Å²) in [6, 6.07) is 5.63. The lowest BCUT2D eigenvalue weighted by Gasteiger charge is -2.35. The van der Waals surface area contributed by atoms with Crippen LogP contribution in [0.3, 0.4) is 0 Å². The number of carbonyl (C=O) groups is 1. The third-order valence-electron chi connectivity index (χ3n) is 3.71. The van der Waals surface area contributed by atoms with Gasteiger partial charge in [-0.2, -0.15) is 0 Å². The van der Waals surface area contributed by atoms with Crippen molar-refractivity contribution in [1.29, 1.82) is 0 Å². The fourth-order valence-electron chi connectivity index (χ4n) is 2.60. The summed E-state index contributed by atoms with van der Waals surface area (Å²) in [6.45, 7) is 3.48. The van der Waals surface area contributed by atoms with Crippen molar-refractivity contribution in [3.8, 4) is 0 Å². The minimum absolute atomic E-state index is 0.0250. The molecule has 0 saturated heterocycles. The number of aromatic nitrogens is 2. The summed E-state index contributed by atoms with van der Waals surface area (Å²) in [7, 11) is 0. The van der Waals surface area contributed by atoms with Gasteiger partial charge in [0.1, 0.15) is 0 Å². The predicted octanol–water partition coefficient (Wildman–Crippen LogP) is 2.16. The van der Waals surface area contributed by atoms with Crippen molar-refractivity contribution >= 4 is 21.8 Å². The molecular formula is C14H14BrN3O2. The van der Waals surface area contributed by atoms with Gasteiger partial charge in [0.2, 0.25) is 0 Å². The Hall–Kier alpha value is -1.82. The van der Waals surface area contributed by atoms with Gasteiger partial charge in [-0.3, -0.25) is 9.59 Å². The molecule has 1 N–H and O–H groups in total.